The van der Waals surface area contributed by atoms with E-state index in [2.05, 4.69) is 82.8 Å². The van der Waals surface area contributed by atoms with Crippen molar-refractivity contribution in [2.45, 2.75) is 141 Å². The van der Waals surface area contributed by atoms with E-state index in [9.17, 15) is 19.2 Å². The smallest absolute Gasteiger partial charge is 0.407 e. The van der Waals surface area contributed by atoms with Crippen LogP contribution in [-0.4, -0.2) is 93.1 Å². The van der Waals surface area contributed by atoms with Crippen LogP contribution in [0.25, 0.3) is 22.4 Å². The van der Waals surface area contributed by atoms with Crippen molar-refractivity contribution in [3.63, 3.8) is 0 Å². The van der Waals surface area contributed by atoms with Crippen LogP contribution in [-0.2, 0) is 19.1 Å². The summed E-state index contributed by atoms with van der Waals surface area (Å²) < 4.78 is 9.66. The quantitative estimate of drug-likeness (QED) is 0.0971. The monoisotopic (exact) mass is 926 g/mol. The van der Waals surface area contributed by atoms with E-state index in [1.165, 1.54) is 47.6 Å². The zero-order valence-electron chi connectivity index (χ0n) is 40.9. The molecule has 0 saturated carbocycles. The number of amides is 4. The molecule has 4 aromatic rings. The number of piperidine rings is 1. The molecule has 2 bridgehead atoms. The van der Waals surface area contributed by atoms with E-state index in [1.54, 1.807) is 6.20 Å². The molecule has 9 unspecified atom stereocenters. The van der Waals surface area contributed by atoms with Crippen LogP contribution in [0.2, 0.25) is 0 Å². The van der Waals surface area contributed by atoms with E-state index in [-0.39, 0.29) is 47.8 Å². The van der Waals surface area contributed by atoms with E-state index in [0.29, 0.717) is 42.4 Å². The maximum atomic E-state index is 13.9. The second-order valence-corrected chi connectivity index (χ2v) is 20.6. The first-order valence-electron chi connectivity index (χ1n) is 24.7. The van der Waals surface area contributed by atoms with E-state index >= 15 is 0 Å². The average Bonchev–Trinajstić information content (AvgIpc) is 4.19. The normalized spacial score (nSPS) is 24.6. The summed E-state index contributed by atoms with van der Waals surface area (Å²) in [5.41, 5.74) is 11.7. The summed E-state index contributed by atoms with van der Waals surface area (Å²) in [6.07, 6.45) is 8.83. The molecule has 0 radical (unpaired) electrons. The number of hydrogen-bond acceptors (Lipinski definition) is 9. The molecule has 4 amide bonds. The van der Waals surface area contributed by atoms with E-state index in [4.69, 9.17) is 19.4 Å². The van der Waals surface area contributed by atoms with Gasteiger partial charge in [-0.3, -0.25) is 9.59 Å². The van der Waals surface area contributed by atoms with Crippen molar-refractivity contribution in [3.05, 3.63) is 81.8 Å². The summed E-state index contributed by atoms with van der Waals surface area (Å²) in [4.78, 5) is 72.4. The lowest BCUT2D eigenvalue weighted by Gasteiger charge is -2.30. The van der Waals surface area contributed by atoms with E-state index < -0.39 is 24.3 Å². The summed E-state index contributed by atoms with van der Waals surface area (Å²) in [6, 6.07) is 7.62. The average molecular weight is 926 g/mol. The van der Waals surface area contributed by atoms with Gasteiger partial charge in [0, 0.05) is 36.3 Å². The highest BCUT2D eigenvalue weighted by atomic mass is 16.5. The van der Waals surface area contributed by atoms with Crippen molar-refractivity contribution in [1.82, 2.24) is 45.7 Å². The van der Waals surface area contributed by atoms with Gasteiger partial charge in [-0.1, -0.05) is 72.6 Å². The van der Waals surface area contributed by atoms with Crippen LogP contribution < -0.4 is 16.0 Å². The van der Waals surface area contributed by atoms with Crippen LogP contribution in [0.15, 0.2) is 36.7 Å². The molecule has 2 aromatic heterocycles. The lowest BCUT2D eigenvalue weighted by atomic mass is 9.83. The third-order valence-corrected chi connectivity index (χ3v) is 15.2. The van der Waals surface area contributed by atoms with Crippen LogP contribution in [0.3, 0.4) is 0 Å². The SMILES string of the molecule is COC(=O)NC(C(=O)N1CCCC1c1ncc(C#Cc2ccc(-c3ccc(-c4cnc(C5CCCN5C(=O)C(NC(=O)OC)C(C)C)[nH]4)c4c3C3CC(C)CC4N3)c3c2C(C)CC3C)[nH]1)C(C)C. The second-order valence-electron chi connectivity index (χ2n) is 20.6. The fourth-order valence-electron chi connectivity index (χ4n) is 12.1. The first-order chi connectivity index (χ1) is 32.7. The lowest BCUT2D eigenvalue weighted by molar-refractivity contribution is -0.136. The van der Waals surface area contributed by atoms with Crippen molar-refractivity contribution in [1.29, 1.82) is 0 Å². The lowest BCUT2D eigenvalue weighted by Crippen LogP contribution is -2.51. The molecule has 5 aliphatic rings. The molecule has 5 N–H and O–H groups in total. The number of nitrogens with one attached hydrogen (secondary N) is 5. The van der Waals surface area contributed by atoms with Gasteiger partial charge in [-0.05, 0) is 120 Å². The largest absolute Gasteiger partial charge is 0.453 e. The van der Waals surface area contributed by atoms with E-state index in [1.807, 2.05) is 43.7 Å². The number of hydrogen-bond donors (Lipinski definition) is 5. The van der Waals surface area contributed by atoms with Gasteiger partial charge in [-0.25, -0.2) is 19.6 Å². The van der Waals surface area contributed by atoms with Crippen molar-refractivity contribution < 1.29 is 28.7 Å². The molecule has 9 rings (SSSR count). The molecule has 3 fully saturated rings. The van der Waals surface area contributed by atoms with Crippen molar-refractivity contribution >= 4 is 24.0 Å². The zero-order valence-corrected chi connectivity index (χ0v) is 40.9. The maximum absolute atomic E-state index is 13.9. The van der Waals surface area contributed by atoms with Gasteiger partial charge in [0.25, 0.3) is 0 Å². The fourth-order valence-corrected chi connectivity index (χ4v) is 12.1. The van der Waals surface area contributed by atoms with Crippen LogP contribution in [0.1, 0.15) is 175 Å². The molecule has 6 heterocycles. The molecule has 360 valence electrons. The summed E-state index contributed by atoms with van der Waals surface area (Å²) in [7, 11) is 2.61. The Kier molecular flexibility index (Phi) is 13.2. The van der Waals surface area contributed by atoms with Gasteiger partial charge in [0.05, 0.1) is 44.4 Å². The number of rotatable bonds is 10. The number of carbonyl (C=O) groups excluding carboxylic acids is 4. The number of aromatic nitrogens is 4. The molecule has 0 spiro atoms. The molecule has 3 saturated heterocycles. The Morgan fingerprint density at radius 2 is 1.18 bits per heavy atom. The second kappa shape index (κ2) is 19.1. The van der Waals surface area contributed by atoms with Crippen LogP contribution in [0.5, 0.6) is 0 Å². The minimum Gasteiger partial charge on any atom is -0.453 e. The number of imidazole rings is 2. The Balaban J connectivity index is 1.01. The molecule has 15 heteroatoms. The van der Waals surface area contributed by atoms with Gasteiger partial charge in [0.1, 0.15) is 29.4 Å². The summed E-state index contributed by atoms with van der Waals surface area (Å²) in [5, 5.41) is 9.49. The first-order valence-corrected chi connectivity index (χ1v) is 24.7. The molecular weight excluding hydrogens is 859 g/mol. The number of methoxy groups -OCH3 is 2. The number of likely N-dealkylation sites (tertiary alicyclic amines) is 2. The third-order valence-electron chi connectivity index (χ3n) is 15.2. The number of ether oxygens (including phenoxy) is 2. The van der Waals surface area contributed by atoms with Gasteiger partial charge in [-0.2, -0.15) is 0 Å². The Morgan fingerprint density at radius 1 is 0.662 bits per heavy atom. The van der Waals surface area contributed by atoms with Crippen molar-refractivity contribution in [2.75, 3.05) is 27.3 Å². The number of fused-ring (bicyclic) bond motifs is 6. The summed E-state index contributed by atoms with van der Waals surface area (Å²) in [5.74, 6) is 9.12. The highest BCUT2D eigenvalue weighted by Gasteiger charge is 2.43. The molecule has 2 aromatic carbocycles. The number of nitrogens with zero attached hydrogens (tertiary/aromatic N) is 4. The Morgan fingerprint density at radius 3 is 1.76 bits per heavy atom. The van der Waals surface area contributed by atoms with Gasteiger partial charge in [0.15, 0.2) is 0 Å². The van der Waals surface area contributed by atoms with Crippen molar-refractivity contribution in [2.24, 2.45) is 17.8 Å². The number of alkyl carbamates (subject to hydrolysis) is 2. The molecule has 9 atom stereocenters. The molecule has 68 heavy (non-hydrogen) atoms. The van der Waals surface area contributed by atoms with Crippen LogP contribution >= 0.6 is 0 Å². The number of carbonyl (C=O) groups is 4. The predicted molar refractivity (Wildman–Crippen MR) is 258 cm³/mol. The summed E-state index contributed by atoms with van der Waals surface area (Å²) >= 11 is 0. The standard InChI is InChI=1S/C53H67N9O6/c1-27(2)46(59-52(65)67-8)50(63)61-20-10-12-40(61)48-54-25-33(56-48)16-14-32-15-17-34(43-31(7)24-30(6)42(32)43)35-18-19-36(45-38-23-29(5)22-37(57-38)44(35)45)39-26-55-49(58-39)41-13-11-21-62(41)51(64)47(28(3)4)60-53(66)68-9/h15,17-19,25-31,37-38,40-41,46-47,57H,10-13,20-24H2,1-9H3,(H,54,56)(H,55,58)(H,59,65)(H,60,66). The zero-order chi connectivity index (χ0) is 48.1. The minimum atomic E-state index is -0.703. The Hall–Kier alpha value is -6.14. The number of aromatic amines is 2. The number of benzene rings is 2. The number of H-pyrrole nitrogens is 2. The van der Waals surface area contributed by atoms with Gasteiger partial charge in [-0.15, -0.1) is 0 Å². The molecular formula is C53H67N9O6. The highest BCUT2D eigenvalue weighted by molar-refractivity contribution is 5.87. The Bertz CT molecular complexity index is 2660. The first kappa shape index (κ1) is 46.9. The van der Waals surface area contributed by atoms with Gasteiger partial charge >= 0.3 is 12.2 Å². The molecule has 4 aliphatic heterocycles. The Labute approximate surface area is 399 Å². The molecule has 1 aliphatic carbocycles. The van der Waals surface area contributed by atoms with Gasteiger partial charge < -0.3 is 45.2 Å². The fraction of sp³-hybridized carbons (Fsp3) is 0.547. The summed E-state index contributed by atoms with van der Waals surface area (Å²) in [6.45, 7) is 15.9. The minimum absolute atomic E-state index is 0.115. The van der Waals surface area contributed by atoms with Crippen molar-refractivity contribution in [3.8, 4) is 34.2 Å². The predicted octanol–water partition coefficient (Wildman–Crippen LogP) is 8.68. The topological polar surface area (TPSA) is 187 Å². The van der Waals surface area contributed by atoms with Crippen LogP contribution in [0.4, 0.5) is 9.59 Å². The van der Waals surface area contributed by atoms with Crippen LogP contribution in [0, 0.1) is 29.6 Å². The maximum Gasteiger partial charge on any atom is 0.407 e. The van der Waals surface area contributed by atoms with E-state index in [0.717, 1.165) is 67.6 Å². The third kappa shape index (κ3) is 8.65. The van der Waals surface area contributed by atoms with Gasteiger partial charge in [0.2, 0.25) is 11.8 Å². The molecule has 15 nitrogen and oxygen atoms in total. The highest BCUT2D eigenvalue weighted by Crippen LogP contribution is 2.55.